The van der Waals surface area contributed by atoms with Crippen LogP contribution >= 0.6 is 0 Å². The number of rotatable bonds is 0. The van der Waals surface area contributed by atoms with Gasteiger partial charge in [-0.1, -0.05) is 0 Å². The van der Waals surface area contributed by atoms with Gasteiger partial charge in [0.05, 0.1) is 0 Å². The van der Waals surface area contributed by atoms with Gasteiger partial charge in [0.2, 0.25) is 0 Å². The molecule has 1 rings (SSSR count). The molecule has 0 unspecified atom stereocenters. The largest absolute Gasteiger partial charge is 0.428 e. The van der Waals surface area contributed by atoms with E-state index in [1.807, 2.05) is 0 Å². The molecular formula is C5H3F6N3O. The van der Waals surface area contributed by atoms with Gasteiger partial charge in [0.25, 0.3) is 5.54 Å². The van der Waals surface area contributed by atoms with Gasteiger partial charge in [0.1, 0.15) is 5.84 Å². The maximum absolute atomic E-state index is 12.2. The molecule has 15 heavy (non-hydrogen) atoms. The van der Waals surface area contributed by atoms with Crippen molar-refractivity contribution < 1.29 is 31.1 Å². The van der Waals surface area contributed by atoms with Crippen LogP contribution in [0.4, 0.5) is 31.1 Å². The van der Waals surface area contributed by atoms with E-state index in [4.69, 9.17) is 5.41 Å². The van der Waals surface area contributed by atoms with Crippen LogP contribution in [0.5, 0.6) is 0 Å². The molecule has 10 heteroatoms. The highest BCUT2D eigenvalue weighted by Crippen LogP contribution is 2.44. The average molecular weight is 235 g/mol. The monoisotopic (exact) mass is 235 g/mol. The first-order chi connectivity index (χ1) is 6.52. The number of halogens is 6. The van der Waals surface area contributed by atoms with Crippen LogP contribution in [0.15, 0.2) is 0 Å². The first kappa shape index (κ1) is 11.6. The summed E-state index contributed by atoms with van der Waals surface area (Å²) in [5.41, 5.74) is -4.63. The van der Waals surface area contributed by atoms with Crippen LogP contribution in [0, 0.1) is 5.41 Å². The standard InChI is InChI=1S/C5H3F6N3O/c6-4(7,8)3(5(9,10)11)1(12)13-2(15)14-3/h(H3,12,13,14,15). The Bertz CT molecular complexity index is 304. The molecule has 86 valence electrons. The molecule has 1 aliphatic heterocycles. The molecule has 0 spiro atoms. The first-order valence-electron chi connectivity index (χ1n) is 3.34. The Morgan fingerprint density at radius 3 is 1.60 bits per heavy atom. The van der Waals surface area contributed by atoms with Crippen molar-refractivity contribution in [3.63, 3.8) is 0 Å². The molecule has 1 saturated heterocycles. The zero-order valence-electron chi connectivity index (χ0n) is 6.68. The van der Waals surface area contributed by atoms with Crippen LogP contribution in [0.2, 0.25) is 0 Å². The summed E-state index contributed by atoms with van der Waals surface area (Å²) in [4.78, 5) is 10.4. The summed E-state index contributed by atoms with van der Waals surface area (Å²) in [5, 5.41) is 8.35. The fourth-order valence-corrected chi connectivity index (χ4v) is 1.06. The zero-order valence-corrected chi connectivity index (χ0v) is 6.68. The summed E-state index contributed by atoms with van der Waals surface area (Å²) in [7, 11) is 0. The molecule has 0 saturated carbocycles. The topological polar surface area (TPSA) is 65.0 Å². The summed E-state index contributed by atoms with van der Waals surface area (Å²) >= 11 is 0. The van der Waals surface area contributed by atoms with Crippen LogP contribution in [0.3, 0.4) is 0 Å². The number of carbonyl (C=O) groups is 1. The van der Waals surface area contributed by atoms with E-state index < -0.39 is 29.8 Å². The van der Waals surface area contributed by atoms with Gasteiger partial charge in [0, 0.05) is 0 Å². The summed E-state index contributed by atoms with van der Waals surface area (Å²) in [5.74, 6) is -1.98. The van der Waals surface area contributed by atoms with E-state index in [1.54, 1.807) is 0 Å². The van der Waals surface area contributed by atoms with Gasteiger partial charge in [-0.3, -0.25) is 10.7 Å². The number of carbonyl (C=O) groups excluding carboxylic acids is 1. The van der Waals surface area contributed by atoms with E-state index in [-0.39, 0.29) is 0 Å². The SMILES string of the molecule is N=C1NC(=O)NC1(C(F)(F)F)C(F)(F)F. The minimum Gasteiger partial charge on any atom is -0.310 e. The fraction of sp³-hybridized carbons (Fsp3) is 0.600. The lowest BCUT2D eigenvalue weighted by atomic mass is 9.98. The number of hydrogen-bond acceptors (Lipinski definition) is 2. The Labute approximate surface area is 78.1 Å². The molecule has 3 N–H and O–H groups in total. The number of nitrogens with one attached hydrogen (secondary N) is 3. The summed E-state index contributed by atoms with van der Waals surface area (Å²) < 4.78 is 73.3. The Kier molecular flexibility index (Phi) is 2.14. The van der Waals surface area contributed by atoms with E-state index in [2.05, 4.69) is 0 Å². The molecule has 0 bridgehead atoms. The number of alkyl halides is 6. The van der Waals surface area contributed by atoms with Crippen molar-refractivity contribution in [2.75, 3.05) is 0 Å². The second kappa shape index (κ2) is 2.76. The number of urea groups is 1. The third-order valence-electron chi connectivity index (χ3n) is 1.76. The third kappa shape index (κ3) is 1.39. The van der Waals surface area contributed by atoms with E-state index in [1.165, 1.54) is 0 Å². The summed E-state index contributed by atoms with van der Waals surface area (Å²) in [6.07, 6.45) is -11.7. The Hall–Kier alpha value is -1.48. The Morgan fingerprint density at radius 1 is 1.07 bits per heavy atom. The number of hydrogen-bond donors (Lipinski definition) is 3. The van der Waals surface area contributed by atoms with Crippen LogP contribution in [-0.4, -0.2) is 29.8 Å². The predicted molar refractivity (Wildman–Crippen MR) is 34.2 cm³/mol. The van der Waals surface area contributed by atoms with E-state index >= 15 is 0 Å². The van der Waals surface area contributed by atoms with Crippen molar-refractivity contribution in [2.24, 2.45) is 0 Å². The van der Waals surface area contributed by atoms with E-state index in [9.17, 15) is 31.1 Å². The number of amides is 2. The van der Waals surface area contributed by atoms with Gasteiger partial charge in [0.15, 0.2) is 0 Å². The maximum Gasteiger partial charge on any atom is 0.428 e. The lowest BCUT2D eigenvalue weighted by molar-refractivity contribution is -0.277. The smallest absolute Gasteiger partial charge is 0.310 e. The van der Waals surface area contributed by atoms with Crippen molar-refractivity contribution in [3.8, 4) is 0 Å². The Balaban J connectivity index is 3.33. The Morgan fingerprint density at radius 2 is 1.47 bits per heavy atom. The van der Waals surface area contributed by atoms with Gasteiger partial charge >= 0.3 is 18.4 Å². The summed E-state index contributed by atoms with van der Waals surface area (Å²) in [6, 6.07) is -1.71. The molecule has 0 radical (unpaired) electrons. The maximum atomic E-state index is 12.2. The second-order valence-corrected chi connectivity index (χ2v) is 2.70. The zero-order chi connectivity index (χ0) is 12.1. The molecule has 0 aliphatic carbocycles. The van der Waals surface area contributed by atoms with Crippen LogP contribution < -0.4 is 10.6 Å². The van der Waals surface area contributed by atoms with Crippen molar-refractivity contribution in [3.05, 3.63) is 0 Å². The average Bonchev–Trinajstić information content (AvgIpc) is 2.23. The first-order valence-corrected chi connectivity index (χ1v) is 3.34. The van der Waals surface area contributed by atoms with Crippen LogP contribution in [-0.2, 0) is 0 Å². The summed E-state index contributed by atoms with van der Waals surface area (Å²) in [6.45, 7) is 0. The lowest BCUT2D eigenvalue weighted by Crippen LogP contribution is -2.67. The van der Waals surface area contributed by atoms with E-state index in [0.717, 1.165) is 5.32 Å². The van der Waals surface area contributed by atoms with Crippen LogP contribution in [0.25, 0.3) is 0 Å². The van der Waals surface area contributed by atoms with Gasteiger partial charge in [-0.15, -0.1) is 0 Å². The highest BCUT2D eigenvalue weighted by atomic mass is 19.4. The molecular weight excluding hydrogens is 232 g/mol. The molecule has 2 amide bonds. The van der Waals surface area contributed by atoms with Crippen molar-refractivity contribution in [1.82, 2.24) is 10.6 Å². The molecule has 0 atom stereocenters. The highest BCUT2D eigenvalue weighted by Gasteiger charge is 2.77. The third-order valence-corrected chi connectivity index (χ3v) is 1.76. The second-order valence-electron chi connectivity index (χ2n) is 2.70. The molecule has 1 fully saturated rings. The molecule has 0 aromatic heterocycles. The number of amidine groups is 1. The molecule has 1 aliphatic rings. The van der Waals surface area contributed by atoms with Gasteiger partial charge < -0.3 is 5.32 Å². The fourth-order valence-electron chi connectivity index (χ4n) is 1.06. The van der Waals surface area contributed by atoms with Gasteiger partial charge in [-0.2, -0.15) is 26.3 Å². The normalized spacial score (nSPS) is 21.2. The lowest BCUT2D eigenvalue weighted by Gasteiger charge is -2.31. The van der Waals surface area contributed by atoms with Gasteiger partial charge in [-0.05, 0) is 0 Å². The molecule has 0 aromatic rings. The molecule has 0 aromatic carbocycles. The minimum atomic E-state index is -5.83. The molecule has 1 heterocycles. The van der Waals surface area contributed by atoms with Crippen LogP contribution in [0.1, 0.15) is 0 Å². The predicted octanol–water partition coefficient (Wildman–Crippen LogP) is 1.14. The van der Waals surface area contributed by atoms with E-state index in [0.29, 0.717) is 5.32 Å². The van der Waals surface area contributed by atoms with Crippen molar-refractivity contribution in [1.29, 1.82) is 5.41 Å². The van der Waals surface area contributed by atoms with Crippen molar-refractivity contribution in [2.45, 2.75) is 17.9 Å². The highest BCUT2D eigenvalue weighted by molar-refractivity contribution is 6.09. The molecule has 4 nitrogen and oxygen atoms in total. The van der Waals surface area contributed by atoms with Gasteiger partial charge in [-0.25, -0.2) is 4.79 Å². The van der Waals surface area contributed by atoms with Crippen molar-refractivity contribution >= 4 is 11.9 Å². The quantitative estimate of drug-likeness (QED) is 0.541. The minimum absolute atomic E-state index is 0.672.